The Kier molecular flexibility index (Phi) is 6.79. The molecule has 0 aliphatic rings. The van der Waals surface area contributed by atoms with Gasteiger partial charge in [0, 0.05) is 13.1 Å². The van der Waals surface area contributed by atoms with Crippen LogP contribution < -0.4 is 10.2 Å². The zero-order valence-electron chi connectivity index (χ0n) is 14.8. The minimum Gasteiger partial charge on any atom is -0.370 e. The number of hydrogen-bond donors (Lipinski definition) is 1. The van der Waals surface area contributed by atoms with Gasteiger partial charge >= 0.3 is 0 Å². The van der Waals surface area contributed by atoms with Crippen LogP contribution >= 0.6 is 0 Å². The quantitative estimate of drug-likeness (QED) is 0.791. The first kappa shape index (κ1) is 18.0. The topological polar surface area (TPSA) is 45.2 Å². The zero-order valence-corrected chi connectivity index (χ0v) is 14.8. The van der Waals surface area contributed by atoms with Gasteiger partial charge in [0.1, 0.15) is 5.69 Å². The number of anilines is 1. The lowest BCUT2D eigenvalue weighted by Gasteiger charge is -2.23. The largest absolute Gasteiger partial charge is 0.370 e. The molecular weight excluding hydrogens is 298 g/mol. The van der Waals surface area contributed by atoms with E-state index in [1.165, 1.54) is 0 Å². The lowest BCUT2D eigenvalue weighted by Crippen LogP contribution is -2.28. The van der Waals surface area contributed by atoms with Gasteiger partial charge in [-0.1, -0.05) is 44.2 Å². The van der Waals surface area contributed by atoms with Crippen LogP contribution in [0.1, 0.15) is 55.7 Å². The SMILES string of the molecule is CCCN(CCC)c1ccc(C(=O)NC(C)c2ccccc2)nc1. The van der Waals surface area contributed by atoms with Crippen molar-refractivity contribution < 1.29 is 4.79 Å². The van der Waals surface area contributed by atoms with Crippen molar-refractivity contribution in [1.82, 2.24) is 10.3 Å². The van der Waals surface area contributed by atoms with E-state index < -0.39 is 0 Å². The fourth-order valence-corrected chi connectivity index (χ4v) is 2.71. The molecule has 24 heavy (non-hydrogen) atoms. The summed E-state index contributed by atoms with van der Waals surface area (Å²) >= 11 is 0. The van der Waals surface area contributed by atoms with Crippen LogP contribution in [-0.4, -0.2) is 24.0 Å². The number of rotatable bonds is 8. The van der Waals surface area contributed by atoms with Gasteiger partial charge in [0.25, 0.3) is 5.91 Å². The summed E-state index contributed by atoms with van der Waals surface area (Å²) < 4.78 is 0. The molecule has 0 saturated heterocycles. The van der Waals surface area contributed by atoms with Crippen molar-refractivity contribution in [3.63, 3.8) is 0 Å². The van der Waals surface area contributed by atoms with E-state index in [2.05, 4.69) is 29.0 Å². The second-order valence-corrected chi connectivity index (χ2v) is 5.99. The van der Waals surface area contributed by atoms with Crippen molar-refractivity contribution in [2.75, 3.05) is 18.0 Å². The number of carbonyl (C=O) groups excluding carboxylic acids is 1. The number of hydrogen-bond acceptors (Lipinski definition) is 3. The van der Waals surface area contributed by atoms with Gasteiger partial charge in [-0.3, -0.25) is 4.79 Å². The maximum atomic E-state index is 12.4. The van der Waals surface area contributed by atoms with Gasteiger partial charge in [0.05, 0.1) is 17.9 Å². The predicted octanol–water partition coefficient (Wildman–Crippen LogP) is 4.20. The van der Waals surface area contributed by atoms with E-state index in [0.29, 0.717) is 5.69 Å². The summed E-state index contributed by atoms with van der Waals surface area (Å²) in [6, 6.07) is 13.7. The van der Waals surface area contributed by atoms with E-state index in [1.54, 1.807) is 12.3 Å². The molecule has 128 valence electrons. The molecule has 1 aromatic heterocycles. The summed E-state index contributed by atoms with van der Waals surface area (Å²) in [5.74, 6) is -0.143. The summed E-state index contributed by atoms with van der Waals surface area (Å²) in [6.45, 7) is 8.33. The molecule has 1 unspecified atom stereocenters. The number of pyridine rings is 1. The Morgan fingerprint density at radius 1 is 1.08 bits per heavy atom. The smallest absolute Gasteiger partial charge is 0.270 e. The predicted molar refractivity (Wildman–Crippen MR) is 99.4 cm³/mol. The Hall–Kier alpha value is -2.36. The second kappa shape index (κ2) is 9.06. The maximum Gasteiger partial charge on any atom is 0.270 e. The number of nitrogens with zero attached hydrogens (tertiary/aromatic N) is 2. The summed E-state index contributed by atoms with van der Waals surface area (Å²) in [5, 5.41) is 3.00. The van der Waals surface area contributed by atoms with E-state index in [0.717, 1.165) is 37.2 Å². The number of benzene rings is 1. The van der Waals surface area contributed by atoms with Crippen LogP contribution in [0.3, 0.4) is 0 Å². The molecule has 0 aliphatic heterocycles. The van der Waals surface area contributed by atoms with Crippen LogP contribution in [0.4, 0.5) is 5.69 Å². The molecule has 0 bridgehead atoms. The van der Waals surface area contributed by atoms with Crippen molar-refractivity contribution in [3.05, 3.63) is 59.9 Å². The molecule has 2 rings (SSSR count). The number of nitrogens with one attached hydrogen (secondary N) is 1. The van der Waals surface area contributed by atoms with E-state index in [1.807, 2.05) is 43.3 Å². The Morgan fingerprint density at radius 2 is 1.75 bits per heavy atom. The third kappa shape index (κ3) is 4.82. The van der Waals surface area contributed by atoms with Crippen molar-refractivity contribution >= 4 is 11.6 Å². The molecule has 1 aromatic carbocycles. The summed E-state index contributed by atoms with van der Waals surface area (Å²) in [4.78, 5) is 19.0. The summed E-state index contributed by atoms with van der Waals surface area (Å²) in [5.41, 5.74) is 2.61. The van der Waals surface area contributed by atoms with Crippen molar-refractivity contribution in [3.8, 4) is 0 Å². The standard InChI is InChI=1S/C20H27N3O/c1-4-13-23(14-5-2)18-11-12-19(21-15-18)20(24)22-16(3)17-9-7-6-8-10-17/h6-12,15-16H,4-5,13-14H2,1-3H3,(H,22,24). The lowest BCUT2D eigenvalue weighted by molar-refractivity contribution is 0.0935. The molecule has 1 N–H and O–H groups in total. The van der Waals surface area contributed by atoms with Crippen LogP contribution in [0, 0.1) is 0 Å². The first-order valence-electron chi connectivity index (χ1n) is 8.72. The first-order chi connectivity index (χ1) is 11.7. The Bertz CT molecular complexity index is 619. The van der Waals surface area contributed by atoms with Gasteiger partial charge in [0.2, 0.25) is 0 Å². The normalized spacial score (nSPS) is 11.8. The minimum atomic E-state index is -0.143. The molecule has 0 radical (unpaired) electrons. The highest BCUT2D eigenvalue weighted by Crippen LogP contribution is 2.16. The lowest BCUT2D eigenvalue weighted by atomic mass is 10.1. The van der Waals surface area contributed by atoms with E-state index in [9.17, 15) is 4.79 Å². The van der Waals surface area contributed by atoms with Gasteiger partial charge in [-0.05, 0) is 37.5 Å². The van der Waals surface area contributed by atoms with Crippen LogP contribution in [-0.2, 0) is 0 Å². The van der Waals surface area contributed by atoms with Gasteiger partial charge in [-0.15, -0.1) is 0 Å². The van der Waals surface area contributed by atoms with Crippen LogP contribution in [0.2, 0.25) is 0 Å². The Balaban J connectivity index is 2.02. The highest BCUT2D eigenvalue weighted by molar-refractivity contribution is 5.92. The molecule has 4 nitrogen and oxygen atoms in total. The molecule has 0 aliphatic carbocycles. The molecule has 2 aromatic rings. The first-order valence-corrected chi connectivity index (χ1v) is 8.72. The Morgan fingerprint density at radius 3 is 2.29 bits per heavy atom. The van der Waals surface area contributed by atoms with E-state index >= 15 is 0 Å². The van der Waals surface area contributed by atoms with Crippen molar-refractivity contribution in [2.24, 2.45) is 0 Å². The van der Waals surface area contributed by atoms with Gasteiger partial charge in [0.15, 0.2) is 0 Å². The highest BCUT2D eigenvalue weighted by Gasteiger charge is 2.13. The monoisotopic (exact) mass is 325 g/mol. The molecule has 0 saturated carbocycles. The van der Waals surface area contributed by atoms with Gasteiger partial charge < -0.3 is 10.2 Å². The number of aromatic nitrogens is 1. The molecule has 1 amide bonds. The third-order valence-corrected chi connectivity index (χ3v) is 3.98. The summed E-state index contributed by atoms with van der Waals surface area (Å²) in [6.07, 6.45) is 3.99. The molecule has 4 heteroatoms. The van der Waals surface area contributed by atoms with E-state index in [-0.39, 0.29) is 11.9 Å². The zero-order chi connectivity index (χ0) is 17.4. The maximum absolute atomic E-state index is 12.4. The van der Waals surface area contributed by atoms with Gasteiger partial charge in [-0.25, -0.2) is 4.98 Å². The molecule has 1 atom stereocenters. The van der Waals surface area contributed by atoms with Crippen molar-refractivity contribution in [2.45, 2.75) is 39.7 Å². The summed E-state index contributed by atoms with van der Waals surface area (Å²) in [7, 11) is 0. The highest BCUT2D eigenvalue weighted by atomic mass is 16.1. The number of carbonyl (C=O) groups is 1. The Labute approximate surface area is 144 Å². The third-order valence-electron chi connectivity index (χ3n) is 3.98. The van der Waals surface area contributed by atoms with Gasteiger partial charge in [-0.2, -0.15) is 0 Å². The molecular formula is C20H27N3O. The molecule has 0 spiro atoms. The second-order valence-electron chi connectivity index (χ2n) is 5.99. The van der Waals surface area contributed by atoms with Crippen LogP contribution in [0.25, 0.3) is 0 Å². The number of amides is 1. The average Bonchev–Trinajstić information content (AvgIpc) is 2.62. The molecule has 1 heterocycles. The van der Waals surface area contributed by atoms with E-state index in [4.69, 9.17) is 0 Å². The fraction of sp³-hybridized carbons (Fsp3) is 0.400. The average molecular weight is 325 g/mol. The minimum absolute atomic E-state index is 0.0446. The van der Waals surface area contributed by atoms with Crippen LogP contribution in [0.15, 0.2) is 48.7 Å². The fourth-order valence-electron chi connectivity index (χ4n) is 2.71. The molecule has 0 fully saturated rings. The van der Waals surface area contributed by atoms with Crippen LogP contribution in [0.5, 0.6) is 0 Å². The van der Waals surface area contributed by atoms with Crippen molar-refractivity contribution in [1.29, 1.82) is 0 Å².